The summed E-state index contributed by atoms with van der Waals surface area (Å²) in [5, 5.41) is 4.51. The van der Waals surface area contributed by atoms with Gasteiger partial charge in [0.15, 0.2) is 5.82 Å². The molecular weight excluding hydrogens is 591 g/mol. The van der Waals surface area contributed by atoms with Gasteiger partial charge in [0, 0.05) is 20.8 Å². The molecule has 0 aliphatic heterocycles. The number of carbonyl (C=O) groups is 1. The van der Waals surface area contributed by atoms with Crippen molar-refractivity contribution < 1.29 is 28.1 Å². The van der Waals surface area contributed by atoms with Crippen molar-refractivity contribution in [3.05, 3.63) is 47.1 Å². The molecule has 11 heteroatoms. The molecule has 1 aromatic carbocycles. The predicted octanol–water partition coefficient (Wildman–Crippen LogP) is 8.05. The maximum Gasteiger partial charge on any atom is 0.317 e. The SMILES string of the molecule is C=N/C(=C\C(C)=C(/C)c1ccc(-c2nc(OC(C)C)n(COCC[Si](C)(C)C)n2)c(F)c1)OCC1(C(=O)OC(C)(C)C)CCC1. The fourth-order valence-corrected chi connectivity index (χ4v) is 5.30. The highest BCUT2D eigenvalue weighted by atomic mass is 28.3. The van der Waals surface area contributed by atoms with Gasteiger partial charge in [0.2, 0.25) is 5.88 Å². The number of hydrogen-bond donors (Lipinski definition) is 0. The number of allylic oxidation sites excluding steroid dienone is 3. The van der Waals surface area contributed by atoms with Crippen molar-refractivity contribution in [2.45, 2.75) is 112 Å². The molecule has 0 radical (unpaired) electrons. The zero-order valence-electron chi connectivity index (χ0n) is 28.8. The van der Waals surface area contributed by atoms with E-state index in [4.69, 9.17) is 18.9 Å². The number of carbonyl (C=O) groups excluding carboxylic acids is 1. The Bertz CT molecular complexity index is 1410. The Labute approximate surface area is 268 Å². The zero-order valence-corrected chi connectivity index (χ0v) is 29.8. The summed E-state index contributed by atoms with van der Waals surface area (Å²) >= 11 is 0. The molecule has 1 aliphatic rings. The molecular formula is C34H51FN4O5Si. The molecule has 0 saturated heterocycles. The number of esters is 1. The number of nitrogens with zero attached hydrogens (tertiary/aromatic N) is 4. The van der Waals surface area contributed by atoms with E-state index in [-0.39, 0.29) is 42.8 Å². The lowest BCUT2D eigenvalue weighted by Gasteiger charge is -2.40. The summed E-state index contributed by atoms with van der Waals surface area (Å²) in [6.07, 6.45) is 3.97. The molecule has 1 aromatic heterocycles. The minimum atomic E-state index is -1.24. The highest BCUT2D eigenvalue weighted by Gasteiger charge is 2.47. The minimum Gasteiger partial charge on any atom is -0.476 e. The predicted molar refractivity (Wildman–Crippen MR) is 179 cm³/mol. The van der Waals surface area contributed by atoms with Crippen molar-refractivity contribution in [3.63, 3.8) is 0 Å². The first-order chi connectivity index (χ1) is 20.9. The van der Waals surface area contributed by atoms with Gasteiger partial charge in [-0.2, -0.15) is 9.67 Å². The van der Waals surface area contributed by atoms with Gasteiger partial charge in [-0.25, -0.2) is 9.38 Å². The van der Waals surface area contributed by atoms with Gasteiger partial charge in [-0.3, -0.25) is 4.79 Å². The van der Waals surface area contributed by atoms with Crippen LogP contribution in [0.15, 0.2) is 40.7 Å². The van der Waals surface area contributed by atoms with E-state index in [2.05, 4.69) is 41.4 Å². The van der Waals surface area contributed by atoms with Crippen LogP contribution in [0.4, 0.5) is 4.39 Å². The van der Waals surface area contributed by atoms with E-state index in [1.54, 1.807) is 12.1 Å². The van der Waals surface area contributed by atoms with Crippen molar-refractivity contribution in [2.24, 2.45) is 10.4 Å². The van der Waals surface area contributed by atoms with Crippen molar-refractivity contribution in [1.29, 1.82) is 0 Å². The van der Waals surface area contributed by atoms with Crippen molar-refractivity contribution >= 4 is 26.3 Å². The quantitative estimate of drug-likeness (QED) is 0.0484. The van der Waals surface area contributed by atoms with Crippen LogP contribution in [-0.4, -0.2) is 60.4 Å². The number of benzene rings is 1. The van der Waals surface area contributed by atoms with E-state index in [0.29, 0.717) is 30.9 Å². The summed E-state index contributed by atoms with van der Waals surface area (Å²) in [4.78, 5) is 21.4. The van der Waals surface area contributed by atoms with Crippen LogP contribution in [0.3, 0.4) is 0 Å². The molecule has 3 rings (SSSR count). The number of aromatic nitrogens is 3. The highest BCUT2D eigenvalue weighted by molar-refractivity contribution is 6.76. The van der Waals surface area contributed by atoms with E-state index in [9.17, 15) is 4.79 Å². The summed E-state index contributed by atoms with van der Waals surface area (Å²) in [6.45, 7) is 24.6. The highest BCUT2D eigenvalue weighted by Crippen LogP contribution is 2.43. The van der Waals surface area contributed by atoms with Gasteiger partial charge in [0.25, 0.3) is 0 Å². The van der Waals surface area contributed by atoms with Crippen molar-refractivity contribution in [1.82, 2.24) is 14.8 Å². The fourth-order valence-electron chi connectivity index (χ4n) is 4.55. The molecule has 1 fully saturated rings. The van der Waals surface area contributed by atoms with E-state index in [1.807, 2.05) is 54.5 Å². The summed E-state index contributed by atoms with van der Waals surface area (Å²) in [5.74, 6) is -0.193. The molecule has 1 aliphatic carbocycles. The lowest BCUT2D eigenvalue weighted by atomic mass is 9.69. The van der Waals surface area contributed by atoms with Crippen LogP contribution in [0.1, 0.15) is 73.3 Å². The molecule has 248 valence electrons. The number of halogens is 1. The number of aliphatic imine (C=N–C) groups is 1. The Morgan fingerprint density at radius 3 is 2.44 bits per heavy atom. The standard InChI is InChI=1S/C34H51FN4O5Si/c1-23(2)43-32-37-30(38-39(32)22-41-17-18-45(9,10)11)27-14-13-26(20-28(27)35)25(4)24(3)19-29(36-8)42-21-34(15-12-16-34)31(40)44-33(5,6)7/h13-14,19-20,23H,8,12,15-18,21-22H2,1-7,9-11H3/b25-24+,29-19+. The molecule has 0 spiro atoms. The first-order valence-corrected chi connectivity index (χ1v) is 19.4. The van der Waals surface area contributed by atoms with Crippen LogP contribution >= 0.6 is 0 Å². The monoisotopic (exact) mass is 642 g/mol. The number of ether oxygens (including phenoxy) is 4. The molecule has 0 N–H and O–H groups in total. The average Bonchev–Trinajstić information content (AvgIpc) is 3.28. The van der Waals surface area contributed by atoms with Gasteiger partial charge >= 0.3 is 12.0 Å². The molecule has 0 unspecified atom stereocenters. The summed E-state index contributed by atoms with van der Waals surface area (Å²) in [6, 6.07) is 6.26. The van der Waals surface area contributed by atoms with Gasteiger partial charge in [-0.15, -0.1) is 5.10 Å². The van der Waals surface area contributed by atoms with Gasteiger partial charge in [-0.05, 0) is 103 Å². The molecule has 0 bridgehead atoms. The average molecular weight is 643 g/mol. The molecule has 9 nitrogen and oxygen atoms in total. The van der Waals surface area contributed by atoms with Gasteiger partial charge in [0.1, 0.15) is 30.2 Å². The molecule has 45 heavy (non-hydrogen) atoms. The molecule has 1 saturated carbocycles. The van der Waals surface area contributed by atoms with Crippen LogP contribution in [0.5, 0.6) is 6.01 Å². The molecule has 1 heterocycles. The maximum atomic E-state index is 15.5. The Hall–Kier alpha value is -3.31. The molecule has 0 atom stereocenters. The lowest BCUT2D eigenvalue weighted by molar-refractivity contribution is -0.177. The minimum absolute atomic E-state index is 0.130. The van der Waals surface area contributed by atoms with Gasteiger partial charge < -0.3 is 18.9 Å². The second-order valence-electron chi connectivity index (χ2n) is 14.3. The summed E-state index contributed by atoms with van der Waals surface area (Å²) in [5.41, 5.74) is 1.34. The van der Waals surface area contributed by atoms with Gasteiger partial charge in [-0.1, -0.05) is 32.1 Å². The van der Waals surface area contributed by atoms with Crippen LogP contribution < -0.4 is 4.74 Å². The first kappa shape index (κ1) is 36.2. The summed E-state index contributed by atoms with van der Waals surface area (Å²) < 4.78 is 40.4. The molecule has 2 aromatic rings. The number of hydrogen-bond acceptors (Lipinski definition) is 8. The van der Waals surface area contributed by atoms with E-state index < -0.39 is 24.9 Å². The van der Waals surface area contributed by atoms with E-state index >= 15 is 4.39 Å². The van der Waals surface area contributed by atoms with Crippen molar-refractivity contribution in [3.8, 4) is 17.4 Å². The normalized spacial score (nSPS) is 15.8. The largest absolute Gasteiger partial charge is 0.476 e. The molecule has 0 amide bonds. The van der Waals surface area contributed by atoms with Crippen LogP contribution in [-0.2, 0) is 25.7 Å². The Morgan fingerprint density at radius 2 is 1.91 bits per heavy atom. The van der Waals surface area contributed by atoms with E-state index in [0.717, 1.165) is 23.6 Å². The van der Waals surface area contributed by atoms with Crippen LogP contribution in [0.25, 0.3) is 17.0 Å². The second-order valence-corrected chi connectivity index (χ2v) is 19.9. The smallest absolute Gasteiger partial charge is 0.317 e. The van der Waals surface area contributed by atoms with Crippen LogP contribution in [0.2, 0.25) is 25.7 Å². The van der Waals surface area contributed by atoms with Gasteiger partial charge in [0.05, 0.1) is 11.7 Å². The third-order valence-electron chi connectivity index (χ3n) is 7.56. The first-order valence-electron chi connectivity index (χ1n) is 15.6. The lowest BCUT2D eigenvalue weighted by Crippen LogP contribution is -2.45. The Kier molecular flexibility index (Phi) is 11.9. The third kappa shape index (κ3) is 10.4. The van der Waals surface area contributed by atoms with Crippen LogP contribution in [0, 0.1) is 11.2 Å². The topological polar surface area (TPSA) is 97.1 Å². The number of rotatable bonds is 15. The zero-order chi connectivity index (χ0) is 33.6. The Morgan fingerprint density at radius 1 is 1.22 bits per heavy atom. The maximum absolute atomic E-state index is 15.5. The van der Waals surface area contributed by atoms with Crippen molar-refractivity contribution in [2.75, 3.05) is 13.2 Å². The summed E-state index contributed by atoms with van der Waals surface area (Å²) in [7, 11) is -1.24. The fraction of sp³-hybridized carbons (Fsp3) is 0.588. The van der Waals surface area contributed by atoms with E-state index in [1.165, 1.54) is 10.7 Å². The third-order valence-corrected chi connectivity index (χ3v) is 9.26. The second kappa shape index (κ2) is 14.9. The Balaban J connectivity index is 1.77.